The molecule has 0 saturated carbocycles. The molecule has 8 heteroatoms. The Balaban J connectivity index is 1.60. The summed E-state index contributed by atoms with van der Waals surface area (Å²) in [5.41, 5.74) is 1.87. The predicted octanol–water partition coefficient (Wildman–Crippen LogP) is 2.55. The number of hydrogen-bond acceptors (Lipinski definition) is 6. The molecule has 0 unspecified atom stereocenters. The number of benzene rings is 2. The molecule has 0 aliphatic carbocycles. The number of barbiturate groups is 1. The van der Waals surface area contributed by atoms with Crippen LogP contribution in [-0.4, -0.2) is 24.6 Å². The van der Waals surface area contributed by atoms with E-state index in [2.05, 4.69) is 17.2 Å². The number of para-hydroxylation sites is 1. The summed E-state index contributed by atoms with van der Waals surface area (Å²) in [5, 5.41) is 5.18. The number of urea groups is 1. The monoisotopic (exact) mass is 379 g/mol. The SMILES string of the molecule is C=C(Nc1ccc2c(c1)OCO2)[C@@H]1C(=O)NC(=O)N(c2ccccc2C)C1=O. The van der Waals surface area contributed by atoms with Crippen LogP contribution in [0.15, 0.2) is 54.7 Å². The fourth-order valence-electron chi connectivity index (χ4n) is 3.16. The first-order valence-electron chi connectivity index (χ1n) is 8.55. The molecule has 2 heterocycles. The molecular weight excluding hydrogens is 362 g/mol. The van der Waals surface area contributed by atoms with Gasteiger partial charge in [0.05, 0.1) is 5.69 Å². The van der Waals surface area contributed by atoms with Gasteiger partial charge in [0.15, 0.2) is 17.4 Å². The molecule has 1 fully saturated rings. The van der Waals surface area contributed by atoms with Crippen molar-refractivity contribution in [3.8, 4) is 11.5 Å². The number of anilines is 2. The summed E-state index contributed by atoms with van der Waals surface area (Å²) < 4.78 is 10.6. The predicted molar refractivity (Wildman–Crippen MR) is 101 cm³/mol. The quantitative estimate of drug-likeness (QED) is 0.793. The molecule has 0 spiro atoms. The smallest absolute Gasteiger partial charge is 0.335 e. The largest absolute Gasteiger partial charge is 0.454 e. The van der Waals surface area contributed by atoms with E-state index in [0.29, 0.717) is 22.9 Å². The Hall–Kier alpha value is -3.81. The number of ether oxygens (including phenoxy) is 2. The van der Waals surface area contributed by atoms with Gasteiger partial charge in [-0.2, -0.15) is 0 Å². The molecule has 1 atom stereocenters. The number of aryl methyl sites for hydroxylation is 1. The van der Waals surface area contributed by atoms with Crippen molar-refractivity contribution in [1.29, 1.82) is 0 Å². The van der Waals surface area contributed by atoms with E-state index < -0.39 is 23.8 Å². The maximum absolute atomic E-state index is 13.0. The lowest BCUT2D eigenvalue weighted by molar-refractivity contribution is -0.132. The van der Waals surface area contributed by atoms with Gasteiger partial charge in [0, 0.05) is 17.5 Å². The van der Waals surface area contributed by atoms with Gasteiger partial charge >= 0.3 is 6.03 Å². The molecule has 2 N–H and O–H groups in total. The lowest BCUT2D eigenvalue weighted by Crippen LogP contribution is -2.59. The lowest BCUT2D eigenvalue weighted by Gasteiger charge is -2.32. The highest BCUT2D eigenvalue weighted by atomic mass is 16.7. The highest BCUT2D eigenvalue weighted by molar-refractivity contribution is 6.29. The van der Waals surface area contributed by atoms with Crippen molar-refractivity contribution in [3.05, 3.63) is 60.3 Å². The Morgan fingerprint density at radius 1 is 1.14 bits per heavy atom. The Morgan fingerprint density at radius 3 is 2.68 bits per heavy atom. The zero-order chi connectivity index (χ0) is 19.8. The van der Waals surface area contributed by atoms with Gasteiger partial charge in [0.25, 0.3) is 5.91 Å². The summed E-state index contributed by atoms with van der Waals surface area (Å²) >= 11 is 0. The van der Waals surface area contributed by atoms with Crippen LogP contribution < -0.4 is 25.0 Å². The van der Waals surface area contributed by atoms with Gasteiger partial charge in [-0.05, 0) is 30.7 Å². The Kier molecular flexibility index (Phi) is 4.23. The number of amides is 4. The molecule has 8 nitrogen and oxygen atoms in total. The molecular formula is C20H17N3O5. The minimum Gasteiger partial charge on any atom is -0.454 e. The van der Waals surface area contributed by atoms with E-state index in [1.807, 2.05) is 0 Å². The third-order valence-electron chi connectivity index (χ3n) is 4.55. The molecule has 4 amide bonds. The van der Waals surface area contributed by atoms with Crippen LogP contribution in [0.5, 0.6) is 11.5 Å². The van der Waals surface area contributed by atoms with Gasteiger partial charge in [-0.25, -0.2) is 9.69 Å². The molecule has 4 rings (SSSR count). The topological polar surface area (TPSA) is 97.0 Å². The van der Waals surface area contributed by atoms with Crippen molar-refractivity contribution < 1.29 is 23.9 Å². The summed E-state index contributed by atoms with van der Waals surface area (Å²) in [4.78, 5) is 38.7. The third kappa shape index (κ3) is 2.94. The zero-order valence-electron chi connectivity index (χ0n) is 15.0. The molecule has 2 aromatic rings. The van der Waals surface area contributed by atoms with Crippen molar-refractivity contribution >= 4 is 29.2 Å². The fourth-order valence-corrected chi connectivity index (χ4v) is 3.16. The van der Waals surface area contributed by atoms with Crippen LogP contribution in [0.25, 0.3) is 0 Å². The number of imide groups is 2. The van der Waals surface area contributed by atoms with E-state index in [4.69, 9.17) is 9.47 Å². The van der Waals surface area contributed by atoms with Crippen molar-refractivity contribution in [2.24, 2.45) is 5.92 Å². The zero-order valence-corrected chi connectivity index (χ0v) is 15.0. The number of nitrogens with one attached hydrogen (secondary N) is 2. The van der Waals surface area contributed by atoms with Gasteiger partial charge < -0.3 is 14.8 Å². The number of rotatable bonds is 4. The summed E-state index contributed by atoms with van der Waals surface area (Å²) in [6.07, 6.45) is 0. The van der Waals surface area contributed by atoms with E-state index in [1.165, 1.54) is 0 Å². The van der Waals surface area contributed by atoms with Gasteiger partial charge in [0.2, 0.25) is 12.7 Å². The number of carbonyl (C=O) groups is 3. The molecule has 2 aliphatic rings. The van der Waals surface area contributed by atoms with Gasteiger partial charge in [-0.15, -0.1) is 0 Å². The second-order valence-corrected chi connectivity index (χ2v) is 6.41. The standard InChI is InChI=1S/C20H17N3O5/c1-11-5-3-4-6-14(11)23-19(25)17(18(24)22-20(23)26)12(2)21-13-7-8-15-16(9-13)28-10-27-15/h3-9,17,21H,2,10H2,1H3,(H,22,24,26)/t17-/m1/s1. The van der Waals surface area contributed by atoms with E-state index in [0.717, 1.165) is 10.5 Å². The third-order valence-corrected chi connectivity index (χ3v) is 4.55. The van der Waals surface area contributed by atoms with Crippen LogP contribution in [-0.2, 0) is 9.59 Å². The summed E-state index contributed by atoms with van der Waals surface area (Å²) in [5.74, 6) is -1.49. The van der Waals surface area contributed by atoms with E-state index in [1.54, 1.807) is 49.4 Å². The average molecular weight is 379 g/mol. The first-order chi connectivity index (χ1) is 13.5. The number of carbonyl (C=O) groups excluding carboxylic acids is 3. The fraction of sp³-hybridized carbons (Fsp3) is 0.150. The molecule has 0 radical (unpaired) electrons. The Morgan fingerprint density at radius 2 is 1.89 bits per heavy atom. The lowest BCUT2D eigenvalue weighted by atomic mass is 10.00. The first kappa shape index (κ1) is 17.6. The molecule has 0 bridgehead atoms. The van der Waals surface area contributed by atoms with E-state index >= 15 is 0 Å². The highest BCUT2D eigenvalue weighted by Gasteiger charge is 2.43. The molecule has 0 aromatic heterocycles. The molecule has 2 aliphatic heterocycles. The Labute approximate surface area is 160 Å². The van der Waals surface area contributed by atoms with Crippen LogP contribution in [0.1, 0.15) is 5.56 Å². The van der Waals surface area contributed by atoms with Crippen molar-refractivity contribution in [2.45, 2.75) is 6.92 Å². The second-order valence-electron chi connectivity index (χ2n) is 6.41. The minimum absolute atomic E-state index is 0.136. The maximum atomic E-state index is 13.0. The molecule has 142 valence electrons. The number of hydrogen-bond donors (Lipinski definition) is 2. The second kappa shape index (κ2) is 6.73. The van der Waals surface area contributed by atoms with Crippen LogP contribution in [0.3, 0.4) is 0 Å². The van der Waals surface area contributed by atoms with Gasteiger partial charge in [-0.3, -0.25) is 14.9 Å². The summed E-state index contributed by atoms with van der Waals surface area (Å²) in [6.45, 7) is 5.76. The van der Waals surface area contributed by atoms with Crippen LogP contribution in [0.2, 0.25) is 0 Å². The maximum Gasteiger partial charge on any atom is 0.335 e. The molecule has 1 saturated heterocycles. The van der Waals surface area contributed by atoms with Crippen LogP contribution in [0, 0.1) is 12.8 Å². The highest BCUT2D eigenvalue weighted by Crippen LogP contribution is 2.35. The van der Waals surface area contributed by atoms with Crippen molar-refractivity contribution in [1.82, 2.24) is 5.32 Å². The average Bonchev–Trinajstić information content (AvgIpc) is 3.10. The van der Waals surface area contributed by atoms with Crippen LogP contribution >= 0.6 is 0 Å². The van der Waals surface area contributed by atoms with Crippen LogP contribution in [0.4, 0.5) is 16.2 Å². The summed E-state index contributed by atoms with van der Waals surface area (Å²) in [7, 11) is 0. The molecule has 2 aromatic carbocycles. The normalized spacial score (nSPS) is 18.1. The van der Waals surface area contributed by atoms with E-state index in [-0.39, 0.29) is 12.5 Å². The first-order valence-corrected chi connectivity index (χ1v) is 8.55. The summed E-state index contributed by atoms with van der Waals surface area (Å²) in [6, 6.07) is 11.3. The Bertz CT molecular complexity index is 1020. The molecule has 28 heavy (non-hydrogen) atoms. The van der Waals surface area contributed by atoms with Gasteiger partial charge in [-0.1, -0.05) is 24.8 Å². The number of nitrogens with zero attached hydrogens (tertiary/aromatic N) is 1. The minimum atomic E-state index is -1.26. The van der Waals surface area contributed by atoms with Crippen molar-refractivity contribution in [3.63, 3.8) is 0 Å². The van der Waals surface area contributed by atoms with Crippen molar-refractivity contribution in [2.75, 3.05) is 17.0 Å². The van der Waals surface area contributed by atoms with E-state index in [9.17, 15) is 14.4 Å². The number of fused-ring (bicyclic) bond motifs is 1. The van der Waals surface area contributed by atoms with Gasteiger partial charge in [0.1, 0.15) is 0 Å².